The van der Waals surface area contributed by atoms with Crippen molar-refractivity contribution in [1.82, 2.24) is 10.6 Å². The van der Waals surface area contributed by atoms with Crippen LogP contribution in [0.15, 0.2) is 0 Å². The van der Waals surface area contributed by atoms with Crippen LogP contribution in [0.4, 0.5) is 0 Å². The molecule has 1 heterocycles. The first kappa shape index (κ1) is 23.9. The summed E-state index contributed by atoms with van der Waals surface area (Å²) in [5, 5.41) is 24.1. The number of ketones is 1. The summed E-state index contributed by atoms with van der Waals surface area (Å²) in [5.74, 6) is -1.08. The lowest BCUT2D eigenvalue weighted by atomic mass is 9.76. The first-order chi connectivity index (χ1) is 14.1. The van der Waals surface area contributed by atoms with Crippen LogP contribution < -0.4 is 10.6 Å². The minimum Gasteiger partial charge on any atom is -0.356 e. The van der Waals surface area contributed by atoms with E-state index in [9.17, 15) is 19.6 Å². The minimum absolute atomic E-state index is 0.0342. The van der Waals surface area contributed by atoms with E-state index >= 15 is 0 Å². The van der Waals surface area contributed by atoms with Crippen LogP contribution in [0.25, 0.3) is 0 Å². The molecule has 2 aliphatic rings. The summed E-state index contributed by atoms with van der Waals surface area (Å²) in [7, 11) is 0. The molecule has 1 aliphatic carbocycles. The number of rotatable bonds is 8. The Morgan fingerprint density at radius 1 is 1.17 bits per heavy atom. The molecule has 2 N–H and O–H groups in total. The molecule has 0 radical (unpaired) electrons. The second-order valence-electron chi connectivity index (χ2n) is 10.0. The molecule has 2 rings (SSSR count). The SMILES string of the molecule is CC(C)(C)C[C@H](CC(=O)C1CCC(C#N)CC1)C(=O)N[C@@H](C#N)C[C@@H]1CCNC1=O. The summed E-state index contributed by atoms with van der Waals surface area (Å²) in [6, 6.07) is 3.64. The van der Waals surface area contributed by atoms with Crippen LogP contribution in [-0.2, 0) is 14.4 Å². The molecule has 7 nitrogen and oxygen atoms in total. The maximum absolute atomic E-state index is 13.0. The number of hydrogen-bond acceptors (Lipinski definition) is 5. The average molecular weight is 415 g/mol. The molecule has 3 atom stereocenters. The number of Topliss-reactive ketones (excluding diaryl/α,β-unsaturated/α-hetero) is 1. The van der Waals surface area contributed by atoms with Crippen LogP contribution in [0, 0.1) is 51.7 Å². The van der Waals surface area contributed by atoms with Crippen LogP contribution in [-0.4, -0.2) is 30.2 Å². The fraction of sp³-hybridized carbons (Fsp3) is 0.783. The topological polar surface area (TPSA) is 123 Å². The number of carbonyl (C=O) groups excluding carboxylic acids is 3. The van der Waals surface area contributed by atoms with Gasteiger partial charge >= 0.3 is 0 Å². The molecular weight excluding hydrogens is 380 g/mol. The standard InChI is InChI=1S/C23H34N4O3/c1-23(2,3)12-18(11-20(28)16-6-4-15(13-24)5-7-16)22(30)27-19(14-25)10-17-8-9-26-21(17)29/h15-19H,4-12H2,1-3H3,(H,26,29)(H,27,30)/t15?,16?,17-,18-,19+/m0/s1. The van der Waals surface area contributed by atoms with E-state index in [1.54, 1.807) is 0 Å². The first-order valence-electron chi connectivity index (χ1n) is 11.0. The van der Waals surface area contributed by atoms with E-state index in [-0.39, 0.29) is 47.2 Å². The van der Waals surface area contributed by atoms with Gasteiger partial charge in [-0.05, 0) is 50.4 Å². The van der Waals surface area contributed by atoms with E-state index in [0.29, 0.717) is 38.6 Å². The second-order valence-corrected chi connectivity index (χ2v) is 10.0. The molecule has 2 fully saturated rings. The highest BCUT2D eigenvalue weighted by atomic mass is 16.2. The lowest BCUT2D eigenvalue weighted by Crippen LogP contribution is -2.42. The van der Waals surface area contributed by atoms with Gasteiger partial charge in [0.15, 0.2) is 0 Å². The number of nitrogens with zero attached hydrogens (tertiary/aromatic N) is 2. The van der Waals surface area contributed by atoms with Crippen molar-refractivity contribution in [2.24, 2.45) is 29.1 Å². The predicted molar refractivity (Wildman–Crippen MR) is 112 cm³/mol. The third kappa shape index (κ3) is 7.13. The highest BCUT2D eigenvalue weighted by Gasteiger charge is 2.34. The summed E-state index contributed by atoms with van der Waals surface area (Å²) in [5.41, 5.74) is -0.145. The molecule has 0 unspecified atom stereocenters. The molecule has 0 aromatic carbocycles. The van der Waals surface area contributed by atoms with Gasteiger partial charge in [0.1, 0.15) is 11.8 Å². The van der Waals surface area contributed by atoms with Gasteiger partial charge in [-0.25, -0.2) is 0 Å². The Morgan fingerprint density at radius 2 is 1.83 bits per heavy atom. The van der Waals surface area contributed by atoms with Crippen molar-refractivity contribution in [1.29, 1.82) is 10.5 Å². The smallest absolute Gasteiger partial charge is 0.224 e. The highest BCUT2D eigenvalue weighted by molar-refractivity contribution is 5.88. The molecule has 1 saturated heterocycles. The molecule has 1 saturated carbocycles. The van der Waals surface area contributed by atoms with E-state index in [1.807, 2.05) is 20.8 Å². The zero-order valence-corrected chi connectivity index (χ0v) is 18.4. The van der Waals surface area contributed by atoms with Crippen molar-refractivity contribution in [3.63, 3.8) is 0 Å². The Kier molecular flexibility index (Phi) is 8.41. The molecule has 0 bridgehead atoms. The molecule has 0 spiro atoms. The largest absolute Gasteiger partial charge is 0.356 e. The first-order valence-corrected chi connectivity index (χ1v) is 11.0. The summed E-state index contributed by atoms with van der Waals surface area (Å²) in [4.78, 5) is 37.7. The van der Waals surface area contributed by atoms with Crippen molar-refractivity contribution in [3.8, 4) is 12.1 Å². The molecule has 7 heteroatoms. The van der Waals surface area contributed by atoms with Crippen molar-refractivity contribution >= 4 is 17.6 Å². The highest BCUT2D eigenvalue weighted by Crippen LogP contribution is 2.33. The molecule has 0 aromatic heterocycles. The van der Waals surface area contributed by atoms with Crippen molar-refractivity contribution in [2.75, 3.05) is 6.54 Å². The molecule has 164 valence electrons. The lowest BCUT2D eigenvalue weighted by molar-refractivity contribution is -0.133. The molecule has 1 aliphatic heterocycles. The number of nitriles is 2. The zero-order valence-electron chi connectivity index (χ0n) is 18.4. The number of nitrogens with one attached hydrogen (secondary N) is 2. The number of carbonyl (C=O) groups is 3. The van der Waals surface area contributed by atoms with Gasteiger partial charge < -0.3 is 10.6 Å². The molecule has 0 aromatic rings. The summed E-state index contributed by atoms with van der Waals surface area (Å²) in [6.07, 6.45) is 4.56. The lowest BCUT2D eigenvalue weighted by Gasteiger charge is -2.29. The normalized spacial score (nSPS) is 26.0. The minimum atomic E-state index is -0.741. The van der Waals surface area contributed by atoms with Crippen LogP contribution in [0.2, 0.25) is 0 Å². The summed E-state index contributed by atoms with van der Waals surface area (Å²) in [6.45, 7) is 6.69. The Labute approximate surface area is 179 Å². The number of hydrogen-bond donors (Lipinski definition) is 2. The Bertz CT molecular complexity index is 720. The van der Waals surface area contributed by atoms with Gasteiger partial charge in [0.25, 0.3) is 0 Å². The monoisotopic (exact) mass is 414 g/mol. The van der Waals surface area contributed by atoms with E-state index in [0.717, 1.165) is 12.8 Å². The van der Waals surface area contributed by atoms with Gasteiger partial charge in [-0.15, -0.1) is 0 Å². The molecular formula is C23H34N4O3. The third-order valence-corrected chi connectivity index (χ3v) is 6.20. The van der Waals surface area contributed by atoms with Gasteiger partial charge in [-0.3, -0.25) is 14.4 Å². The quantitative estimate of drug-likeness (QED) is 0.632. The van der Waals surface area contributed by atoms with Gasteiger partial charge in [-0.1, -0.05) is 20.8 Å². The molecule has 2 amide bonds. The van der Waals surface area contributed by atoms with Crippen LogP contribution in [0.3, 0.4) is 0 Å². The van der Waals surface area contributed by atoms with Crippen molar-refractivity contribution in [3.05, 3.63) is 0 Å². The Morgan fingerprint density at radius 3 is 2.33 bits per heavy atom. The van der Waals surface area contributed by atoms with Crippen LogP contribution in [0.5, 0.6) is 0 Å². The average Bonchev–Trinajstić information content (AvgIpc) is 3.10. The fourth-order valence-corrected chi connectivity index (χ4v) is 4.54. The van der Waals surface area contributed by atoms with Crippen molar-refractivity contribution < 1.29 is 14.4 Å². The van der Waals surface area contributed by atoms with Gasteiger partial charge in [0.2, 0.25) is 11.8 Å². The maximum atomic E-state index is 13.0. The van der Waals surface area contributed by atoms with Gasteiger partial charge in [0.05, 0.1) is 12.1 Å². The van der Waals surface area contributed by atoms with Crippen LogP contribution >= 0.6 is 0 Å². The van der Waals surface area contributed by atoms with E-state index in [2.05, 4.69) is 22.8 Å². The maximum Gasteiger partial charge on any atom is 0.224 e. The van der Waals surface area contributed by atoms with Crippen molar-refractivity contribution in [2.45, 2.75) is 78.2 Å². The van der Waals surface area contributed by atoms with E-state index in [1.165, 1.54) is 0 Å². The Balaban J connectivity index is 1.99. The summed E-state index contributed by atoms with van der Waals surface area (Å²) >= 11 is 0. The zero-order chi connectivity index (χ0) is 22.3. The van der Waals surface area contributed by atoms with Crippen LogP contribution in [0.1, 0.15) is 72.1 Å². The number of amides is 2. The molecule has 30 heavy (non-hydrogen) atoms. The fourth-order valence-electron chi connectivity index (χ4n) is 4.54. The van der Waals surface area contributed by atoms with Gasteiger partial charge in [-0.2, -0.15) is 10.5 Å². The van der Waals surface area contributed by atoms with Gasteiger partial charge in [0, 0.05) is 36.6 Å². The second kappa shape index (κ2) is 10.6. The Hall–Kier alpha value is -2.41. The summed E-state index contributed by atoms with van der Waals surface area (Å²) < 4.78 is 0. The predicted octanol–water partition coefficient (Wildman–Crippen LogP) is 2.86. The van der Waals surface area contributed by atoms with E-state index in [4.69, 9.17) is 5.26 Å². The third-order valence-electron chi connectivity index (χ3n) is 6.20. The van der Waals surface area contributed by atoms with E-state index < -0.39 is 12.0 Å².